The van der Waals surface area contributed by atoms with E-state index < -0.39 is 28.2 Å². The highest BCUT2D eigenvalue weighted by atomic mass is 35.5. The van der Waals surface area contributed by atoms with Crippen LogP contribution in [0.15, 0.2) is 0 Å². The van der Waals surface area contributed by atoms with Crippen LogP contribution >= 0.6 is 11.6 Å². The van der Waals surface area contributed by atoms with E-state index in [4.69, 9.17) is 11.6 Å². The molecule has 12 heteroatoms. The summed E-state index contributed by atoms with van der Waals surface area (Å²) in [4.78, 5) is 16.9. The zero-order valence-electron chi connectivity index (χ0n) is 21.0. The number of amides is 1. The molecule has 4 saturated heterocycles. The van der Waals surface area contributed by atoms with Crippen molar-refractivity contribution in [2.24, 2.45) is 11.8 Å². The summed E-state index contributed by atoms with van der Waals surface area (Å²) in [7, 11) is -1.62. The Morgan fingerprint density at radius 2 is 1.75 bits per heavy atom. The first kappa shape index (κ1) is 27.0. The van der Waals surface area contributed by atoms with Crippen molar-refractivity contribution in [3.05, 3.63) is 0 Å². The first-order valence-electron chi connectivity index (χ1n) is 13.6. The Hall–Kier alpha value is -0.590. The molecular formula is C24H40ClF2N5O3S. The SMILES string of the molecule is CN(C(=O)C1CCS(=O)(=O)CC1)[C@H](C(F)F)C1CCC(N2CCCC3C2CNC2CC(Cl)NN23)CC1. The van der Waals surface area contributed by atoms with Gasteiger partial charge in [-0.25, -0.2) is 27.6 Å². The van der Waals surface area contributed by atoms with E-state index in [1.165, 1.54) is 11.9 Å². The maximum Gasteiger partial charge on any atom is 0.258 e. The molecule has 4 heterocycles. The maximum absolute atomic E-state index is 14.3. The van der Waals surface area contributed by atoms with Gasteiger partial charge >= 0.3 is 0 Å². The lowest BCUT2D eigenvalue weighted by Gasteiger charge is -2.53. The molecule has 0 spiro atoms. The predicted octanol–water partition coefficient (Wildman–Crippen LogP) is 2.00. The van der Waals surface area contributed by atoms with Gasteiger partial charge in [0.1, 0.15) is 9.84 Å². The number of rotatable bonds is 5. The molecule has 0 radical (unpaired) electrons. The van der Waals surface area contributed by atoms with Crippen LogP contribution in [0.2, 0.25) is 0 Å². The van der Waals surface area contributed by atoms with Crippen molar-refractivity contribution in [1.29, 1.82) is 0 Å². The van der Waals surface area contributed by atoms with Crippen LogP contribution in [-0.4, -0.2) is 103 Å². The summed E-state index contributed by atoms with van der Waals surface area (Å²) in [5, 5.41) is 5.95. The van der Waals surface area contributed by atoms with Crippen molar-refractivity contribution >= 4 is 27.3 Å². The third-order valence-corrected chi connectivity index (χ3v) is 11.4. The number of nitrogens with one attached hydrogen (secondary N) is 2. The molecule has 4 unspecified atom stereocenters. The highest BCUT2D eigenvalue weighted by Crippen LogP contribution is 2.38. The lowest BCUT2D eigenvalue weighted by Crippen LogP contribution is -2.70. The number of halogens is 3. The van der Waals surface area contributed by atoms with Gasteiger partial charge in [-0.3, -0.25) is 15.0 Å². The van der Waals surface area contributed by atoms with Crippen LogP contribution in [0.1, 0.15) is 57.8 Å². The van der Waals surface area contributed by atoms with E-state index in [9.17, 15) is 22.0 Å². The number of fused-ring (bicyclic) bond motifs is 3. The quantitative estimate of drug-likeness (QED) is 0.399. The molecule has 5 aliphatic rings. The molecular weight excluding hydrogens is 512 g/mol. The van der Waals surface area contributed by atoms with Gasteiger partial charge < -0.3 is 4.90 Å². The molecule has 8 nitrogen and oxygen atoms in total. The van der Waals surface area contributed by atoms with Crippen LogP contribution in [0.5, 0.6) is 0 Å². The topological polar surface area (TPSA) is 85.0 Å². The smallest absolute Gasteiger partial charge is 0.258 e. The van der Waals surface area contributed by atoms with Crippen molar-refractivity contribution < 1.29 is 22.0 Å². The van der Waals surface area contributed by atoms with E-state index in [-0.39, 0.29) is 47.8 Å². The van der Waals surface area contributed by atoms with Crippen LogP contribution in [-0.2, 0) is 14.6 Å². The number of hydrogen-bond acceptors (Lipinski definition) is 7. The number of carbonyl (C=O) groups is 1. The fraction of sp³-hybridized carbons (Fsp3) is 0.958. The minimum absolute atomic E-state index is 0.0339. The first-order chi connectivity index (χ1) is 17.1. The summed E-state index contributed by atoms with van der Waals surface area (Å²) in [6.07, 6.45) is 4.32. The molecule has 1 aliphatic carbocycles. The molecule has 0 bridgehead atoms. The van der Waals surface area contributed by atoms with Crippen LogP contribution in [0.25, 0.3) is 0 Å². The second-order valence-electron chi connectivity index (χ2n) is 11.4. The fourth-order valence-corrected chi connectivity index (χ4v) is 9.28. The van der Waals surface area contributed by atoms with E-state index in [0.717, 1.165) is 45.2 Å². The number of hydrogen-bond donors (Lipinski definition) is 2. The van der Waals surface area contributed by atoms with Crippen molar-refractivity contribution in [3.8, 4) is 0 Å². The Morgan fingerprint density at radius 3 is 2.42 bits per heavy atom. The Morgan fingerprint density at radius 1 is 1.06 bits per heavy atom. The first-order valence-corrected chi connectivity index (χ1v) is 15.8. The molecule has 1 amide bonds. The Bertz CT molecular complexity index is 892. The number of hydrazine groups is 1. The average Bonchev–Trinajstić information content (AvgIpc) is 3.24. The summed E-state index contributed by atoms with van der Waals surface area (Å²) in [6, 6.07) is 0.0365. The highest BCUT2D eigenvalue weighted by Gasteiger charge is 2.48. The molecule has 0 aromatic rings. The van der Waals surface area contributed by atoms with Gasteiger partial charge in [0.2, 0.25) is 5.91 Å². The molecule has 206 valence electrons. The minimum Gasteiger partial charge on any atom is -0.337 e. The van der Waals surface area contributed by atoms with Crippen molar-refractivity contribution in [3.63, 3.8) is 0 Å². The monoisotopic (exact) mass is 551 g/mol. The molecule has 4 aliphatic heterocycles. The van der Waals surface area contributed by atoms with Gasteiger partial charge in [0, 0.05) is 44.1 Å². The van der Waals surface area contributed by atoms with Crippen LogP contribution < -0.4 is 10.7 Å². The zero-order valence-corrected chi connectivity index (χ0v) is 22.6. The number of sulfone groups is 1. The maximum atomic E-state index is 14.3. The fourth-order valence-electron chi connectivity index (χ4n) is 7.51. The Balaban J connectivity index is 1.19. The standard InChI is InChI=1S/C24H40ClF2N5O3S/c1-30(24(33)16-8-11-36(34,35)12-9-16)22(23(26)27)15-4-6-17(7-5-15)31-10-2-3-18-19(31)14-28-21-13-20(25)29-32(18)21/h15-23,28-29H,2-14H2,1H3/t15?,17?,18?,19?,20?,21?,22-/m0/s1. The van der Waals surface area contributed by atoms with E-state index in [2.05, 4.69) is 20.7 Å². The summed E-state index contributed by atoms with van der Waals surface area (Å²) >= 11 is 6.36. The molecule has 1 saturated carbocycles. The average molecular weight is 552 g/mol. The van der Waals surface area contributed by atoms with Crippen molar-refractivity contribution in [2.75, 3.05) is 31.6 Å². The lowest BCUT2D eigenvalue weighted by molar-refractivity contribution is -0.143. The second kappa shape index (κ2) is 10.9. The van der Waals surface area contributed by atoms with Crippen LogP contribution in [0.4, 0.5) is 8.78 Å². The Kier molecular flexibility index (Phi) is 8.16. The summed E-state index contributed by atoms with van der Waals surface area (Å²) in [6.45, 7) is 1.95. The largest absolute Gasteiger partial charge is 0.337 e. The van der Waals surface area contributed by atoms with E-state index in [0.29, 0.717) is 31.0 Å². The third kappa shape index (κ3) is 5.43. The van der Waals surface area contributed by atoms with Crippen LogP contribution in [0.3, 0.4) is 0 Å². The number of likely N-dealkylation sites (tertiary alicyclic amines) is 1. The molecule has 0 aromatic carbocycles. The van der Waals surface area contributed by atoms with E-state index in [1.54, 1.807) is 0 Å². The van der Waals surface area contributed by atoms with E-state index in [1.807, 2.05) is 0 Å². The van der Waals surface area contributed by atoms with Gasteiger partial charge in [-0.05, 0) is 63.8 Å². The molecule has 5 atom stereocenters. The van der Waals surface area contributed by atoms with Gasteiger partial charge in [0.15, 0.2) is 0 Å². The predicted molar refractivity (Wildman–Crippen MR) is 134 cm³/mol. The third-order valence-electron chi connectivity index (χ3n) is 9.41. The lowest BCUT2D eigenvalue weighted by atomic mass is 9.78. The number of nitrogens with zero attached hydrogens (tertiary/aromatic N) is 3. The summed E-state index contributed by atoms with van der Waals surface area (Å²) < 4.78 is 52.0. The molecule has 36 heavy (non-hydrogen) atoms. The summed E-state index contributed by atoms with van der Waals surface area (Å²) in [5.41, 5.74) is 3.38. The van der Waals surface area contributed by atoms with Gasteiger partial charge in [-0.15, -0.1) is 11.6 Å². The highest BCUT2D eigenvalue weighted by molar-refractivity contribution is 7.91. The molecule has 0 aromatic heterocycles. The second-order valence-corrected chi connectivity index (χ2v) is 14.3. The number of carbonyl (C=O) groups excluding carboxylic acids is 1. The molecule has 5 fully saturated rings. The van der Waals surface area contributed by atoms with Crippen LogP contribution in [0, 0.1) is 11.8 Å². The van der Waals surface area contributed by atoms with Gasteiger partial charge in [-0.1, -0.05) is 0 Å². The molecule has 2 N–H and O–H groups in total. The molecule has 5 rings (SSSR count). The summed E-state index contributed by atoms with van der Waals surface area (Å²) in [5.74, 6) is -1.11. The van der Waals surface area contributed by atoms with Gasteiger partial charge in [-0.2, -0.15) is 0 Å². The minimum atomic E-state index is -3.11. The Labute approximate surface area is 218 Å². The van der Waals surface area contributed by atoms with Gasteiger partial charge in [0.05, 0.1) is 29.2 Å². The zero-order chi connectivity index (χ0) is 25.6. The normalized spacial score (nSPS) is 38.9. The van der Waals surface area contributed by atoms with Crippen molar-refractivity contribution in [1.82, 2.24) is 25.6 Å². The van der Waals surface area contributed by atoms with Gasteiger partial charge in [0.25, 0.3) is 6.43 Å². The number of alkyl halides is 3. The van der Waals surface area contributed by atoms with Crippen molar-refractivity contribution in [2.45, 2.75) is 100 Å². The number of piperidine rings is 1. The van der Waals surface area contributed by atoms with E-state index >= 15 is 0 Å².